The molecule has 0 saturated heterocycles. The van der Waals surface area contributed by atoms with Gasteiger partial charge in [0.15, 0.2) is 5.88 Å². The molecule has 0 radical (unpaired) electrons. The molecule has 0 saturated carbocycles. The van der Waals surface area contributed by atoms with Crippen LogP contribution in [0.5, 0.6) is 5.88 Å². The number of alkyl halides is 3. The minimum Gasteiger partial charge on any atom is -0.494 e. The SMILES string of the molecule is CC(=O)n1c(O)cc2cc(C(F)(F)F)ccc21. The molecule has 0 bridgehead atoms. The molecule has 0 fully saturated rings. The van der Waals surface area contributed by atoms with Gasteiger partial charge < -0.3 is 5.11 Å². The van der Waals surface area contributed by atoms with Gasteiger partial charge in [0.05, 0.1) is 11.1 Å². The highest BCUT2D eigenvalue weighted by Gasteiger charge is 2.30. The van der Waals surface area contributed by atoms with Gasteiger partial charge in [0.1, 0.15) is 0 Å². The average molecular weight is 243 g/mol. The van der Waals surface area contributed by atoms with Crippen molar-refractivity contribution in [2.24, 2.45) is 0 Å². The molecule has 1 heterocycles. The van der Waals surface area contributed by atoms with Crippen LogP contribution in [-0.4, -0.2) is 15.6 Å². The summed E-state index contributed by atoms with van der Waals surface area (Å²) in [5.74, 6) is -0.830. The van der Waals surface area contributed by atoms with E-state index in [0.717, 1.165) is 22.8 Å². The molecule has 0 aliphatic heterocycles. The van der Waals surface area contributed by atoms with Gasteiger partial charge in [-0.05, 0) is 18.2 Å². The van der Waals surface area contributed by atoms with Crippen molar-refractivity contribution < 1.29 is 23.1 Å². The summed E-state index contributed by atoms with van der Waals surface area (Å²) in [5, 5.41) is 9.63. The zero-order chi connectivity index (χ0) is 12.8. The Morgan fingerprint density at radius 2 is 1.94 bits per heavy atom. The predicted octanol–water partition coefficient (Wildman–Crippen LogP) is 3.03. The van der Waals surface area contributed by atoms with Crippen molar-refractivity contribution in [3.63, 3.8) is 0 Å². The molecule has 2 aromatic rings. The van der Waals surface area contributed by atoms with Gasteiger partial charge in [-0.1, -0.05) is 0 Å². The number of rotatable bonds is 0. The Bertz CT molecular complexity index is 599. The van der Waals surface area contributed by atoms with Crippen molar-refractivity contribution in [3.05, 3.63) is 29.8 Å². The molecule has 17 heavy (non-hydrogen) atoms. The van der Waals surface area contributed by atoms with Gasteiger partial charge in [-0.3, -0.25) is 9.36 Å². The fourth-order valence-corrected chi connectivity index (χ4v) is 1.71. The molecule has 0 aliphatic carbocycles. The second-order valence-electron chi connectivity index (χ2n) is 3.63. The molecule has 0 unspecified atom stereocenters. The fourth-order valence-electron chi connectivity index (χ4n) is 1.71. The maximum Gasteiger partial charge on any atom is 0.416 e. The van der Waals surface area contributed by atoms with Crippen LogP contribution in [-0.2, 0) is 6.18 Å². The van der Waals surface area contributed by atoms with E-state index in [1.807, 2.05) is 0 Å². The van der Waals surface area contributed by atoms with Crippen molar-refractivity contribution in [1.82, 2.24) is 4.57 Å². The summed E-state index contributed by atoms with van der Waals surface area (Å²) in [5.41, 5.74) is -0.561. The monoisotopic (exact) mass is 243 g/mol. The Morgan fingerprint density at radius 3 is 2.47 bits per heavy atom. The number of aromatic nitrogens is 1. The second kappa shape index (κ2) is 3.51. The first-order chi connectivity index (χ1) is 7.80. The maximum atomic E-state index is 12.4. The molecular formula is C11H8F3NO2. The van der Waals surface area contributed by atoms with Crippen molar-refractivity contribution >= 4 is 16.8 Å². The van der Waals surface area contributed by atoms with E-state index in [1.165, 1.54) is 13.0 Å². The third-order valence-electron chi connectivity index (χ3n) is 2.42. The summed E-state index contributed by atoms with van der Waals surface area (Å²) in [4.78, 5) is 11.2. The van der Waals surface area contributed by atoms with E-state index in [9.17, 15) is 23.1 Å². The first-order valence-corrected chi connectivity index (χ1v) is 4.73. The Morgan fingerprint density at radius 1 is 1.29 bits per heavy atom. The Labute approximate surface area is 94.1 Å². The molecule has 0 amide bonds. The quantitative estimate of drug-likeness (QED) is 0.772. The van der Waals surface area contributed by atoms with E-state index in [-0.39, 0.29) is 16.8 Å². The zero-order valence-corrected chi connectivity index (χ0v) is 8.75. The summed E-state index contributed by atoms with van der Waals surface area (Å²) >= 11 is 0. The number of fused-ring (bicyclic) bond motifs is 1. The first-order valence-electron chi connectivity index (χ1n) is 4.73. The van der Waals surface area contributed by atoms with Crippen LogP contribution in [0.3, 0.4) is 0 Å². The number of benzene rings is 1. The highest BCUT2D eigenvalue weighted by molar-refractivity contribution is 5.94. The summed E-state index contributed by atoms with van der Waals surface area (Å²) < 4.78 is 38.3. The van der Waals surface area contributed by atoms with Gasteiger partial charge in [0.25, 0.3) is 0 Å². The zero-order valence-electron chi connectivity index (χ0n) is 8.75. The highest BCUT2D eigenvalue weighted by atomic mass is 19.4. The molecule has 6 heteroatoms. The fraction of sp³-hybridized carbons (Fsp3) is 0.182. The van der Waals surface area contributed by atoms with Crippen molar-refractivity contribution in [1.29, 1.82) is 0 Å². The van der Waals surface area contributed by atoms with Crippen LogP contribution in [0.4, 0.5) is 13.2 Å². The van der Waals surface area contributed by atoms with E-state index in [2.05, 4.69) is 0 Å². The lowest BCUT2D eigenvalue weighted by Gasteiger charge is -2.06. The van der Waals surface area contributed by atoms with Gasteiger partial charge in [-0.15, -0.1) is 0 Å². The molecule has 2 rings (SSSR count). The Hall–Kier alpha value is -1.98. The lowest BCUT2D eigenvalue weighted by molar-refractivity contribution is -0.137. The van der Waals surface area contributed by atoms with Gasteiger partial charge >= 0.3 is 6.18 Å². The van der Waals surface area contributed by atoms with E-state index in [4.69, 9.17) is 0 Å². The third-order valence-corrected chi connectivity index (χ3v) is 2.42. The predicted molar refractivity (Wildman–Crippen MR) is 54.9 cm³/mol. The van der Waals surface area contributed by atoms with E-state index in [1.54, 1.807) is 0 Å². The molecule has 90 valence electrons. The van der Waals surface area contributed by atoms with Gasteiger partial charge in [-0.2, -0.15) is 13.2 Å². The maximum absolute atomic E-state index is 12.4. The average Bonchev–Trinajstić information content (AvgIpc) is 2.50. The van der Waals surface area contributed by atoms with Gasteiger partial charge in [-0.25, -0.2) is 0 Å². The molecule has 1 aromatic heterocycles. The minimum atomic E-state index is -4.44. The van der Waals surface area contributed by atoms with Crippen molar-refractivity contribution in [2.75, 3.05) is 0 Å². The number of halogens is 3. The minimum absolute atomic E-state index is 0.174. The topological polar surface area (TPSA) is 42.2 Å². The smallest absolute Gasteiger partial charge is 0.416 e. The van der Waals surface area contributed by atoms with Crippen LogP contribution in [0.25, 0.3) is 10.9 Å². The van der Waals surface area contributed by atoms with Crippen LogP contribution < -0.4 is 0 Å². The van der Waals surface area contributed by atoms with Crippen LogP contribution in [0.15, 0.2) is 24.3 Å². The molecule has 0 spiro atoms. The summed E-state index contributed by atoms with van der Waals surface area (Å²) in [6.45, 7) is 1.22. The molecule has 1 N–H and O–H groups in total. The van der Waals surface area contributed by atoms with Crippen molar-refractivity contribution in [2.45, 2.75) is 13.1 Å². The van der Waals surface area contributed by atoms with Crippen LogP contribution in [0, 0.1) is 0 Å². The lowest BCUT2D eigenvalue weighted by atomic mass is 10.1. The molecule has 3 nitrogen and oxygen atoms in total. The van der Waals surface area contributed by atoms with Gasteiger partial charge in [0, 0.05) is 18.4 Å². The molecule has 0 aliphatic rings. The number of nitrogens with zero attached hydrogens (tertiary/aromatic N) is 1. The molecular weight excluding hydrogens is 235 g/mol. The Kier molecular flexibility index (Phi) is 2.38. The summed E-state index contributed by atoms with van der Waals surface area (Å²) in [6.07, 6.45) is -4.44. The third kappa shape index (κ3) is 1.86. The van der Waals surface area contributed by atoms with E-state index in [0.29, 0.717) is 0 Å². The highest BCUT2D eigenvalue weighted by Crippen LogP contribution is 2.33. The number of aromatic hydroxyl groups is 1. The Balaban J connectivity index is 2.70. The van der Waals surface area contributed by atoms with Crippen LogP contribution in [0.2, 0.25) is 0 Å². The molecule has 1 aromatic carbocycles. The van der Waals surface area contributed by atoms with Gasteiger partial charge in [0.2, 0.25) is 5.91 Å². The normalized spacial score (nSPS) is 12.0. The second-order valence-corrected chi connectivity index (χ2v) is 3.63. The van der Waals surface area contributed by atoms with Crippen LogP contribution >= 0.6 is 0 Å². The van der Waals surface area contributed by atoms with E-state index < -0.39 is 17.6 Å². The standard InChI is InChI=1S/C11H8F3NO2/c1-6(16)15-9-3-2-8(11(12,13)14)4-7(9)5-10(15)17/h2-5,17H,1H3. The lowest BCUT2D eigenvalue weighted by Crippen LogP contribution is -2.06. The number of hydrogen-bond acceptors (Lipinski definition) is 2. The number of hydrogen-bond donors (Lipinski definition) is 1. The molecule has 0 atom stereocenters. The van der Waals surface area contributed by atoms with Crippen molar-refractivity contribution in [3.8, 4) is 5.88 Å². The summed E-state index contributed by atoms with van der Waals surface area (Å²) in [7, 11) is 0. The summed E-state index contributed by atoms with van der Waals surface area (Å²) in [6, 6.07) is 4.07. The number of carbonyl (C=O) groups is 1. The number of carbonyl (C=O) groups excluding carboxylic acids is 1. The van der Waals surface area contributed by atoms with Crippen LogP contribution in [0.1, 0.15) is 17.3 Å². The first kappa shape index (κ1) is 11.5. The van der Waals surface area contributed by atoms with E-state index >= 15 is 0 Å². The largest absolute Gasteiger partial charge is 0.494 e.